The van der Waals surface area contributed by atoms with Crippen LogP contribution in [0.1, 0.15) is 22.3 Å². The molecule has 0 saturated carbocycles. The summed E-state index contributed by atoms with van der Waals surface area (Å²) >= 11 is 5.66. The fourth-order valence-electron chi connectivity index (χ4n) is 2.76. The topological polar surface area (TPSA) is 58.6 Å². The molecule has 0 radical (unpaired) electrons. The first-order chi connectivity index (χ1) is 13.0. The number of hydrogen-bond acceptors (Lipinski definition) is 3. The third kappa shape index (κ3) is 4.46. The lowest BCUT2D eigenvalue weighted by atomic mass is 10.1. The van der Waals surface area contributed by atoms with E-state index in [-0.39, 0.29) is 23.4 Å². The lowest BCUT2D eigenvalue weighted by molar-refractivity contribution is -0.123. The molecule has 0 spiro atoms. The van der Waals surface area contributed by atoms with E-state index in [1.807, 2.05) is 18.2 Å². The Balaban J connectivity index is 1.42. The van der Waals surface area contributed by atoms with Gasteiger partial charge in [-0.05, 0) is 23.8 Å². The summed E-state index contributed by atoms with van der Waals surface area (Å²) in [5, 5.41) is 2.63. The van der Waals surface area contributed by atoms with Crippen molar-refractivity contribution in [2.75, 3.05) is 13.2 Å². The van der Waals surface area contributed by atoms with Crippen LogP contribution < -0.4 is 10.1 Å². The standard InChI is InChI=1S/C20H18ClFN2O3/c1-13(24-11-14-4-2-3-5-16(14)20(24)26)8-9-23-19(25)12-27-15-6-7-18(22)17(21)10-15/h2-7,10H,1,8-9,11-12H2,(H,23,25). The largest absolute Gasteiger partial charge is 0.484 e. The fourth-order valence-corrected chi connectivity index (χ4v) is 2.93. The Morgan fingerprint density at radius 1 is 1.30 bits per heavy atom. The summed E-state index contributed by atoms with van der Waals surface area (Å²) < 4.78 is 18.3. The molecular formula is C20H18ClFN2O3. The second-order valence-corrected chi connectivity index (χ2v) is 6.49. The molecule has 27 heavy (non-hydrogen) atoms. The maximum absolute atomic E-state index is 13.1. The number of fused-ring (bicyclic) bond motifs is 1. The number of hydrogen-bond donors (Lipinski definition) is 1. The van der Waals surface area contributed by atoms with Crippen molar-refractivity contribution in [3.05, 3.63) is 76.7 Å². The summed E-state index contributed by atoms with van der Waals surface area (Å²) in [6.07, 6.45) is 0.438. The molecule has 1 N–H and O–H groups in total. The first-order valence-electron chi connectivity index (χ1n) is 8.38. The normalized spacial score (nSPS) is 12.7. The Hall–Kier alpha value is -2.86. The van der Waals surface area contributed by atoms with E-state index in [1.165, 1.54) is 18.2 Å². The summed E-state index contributed by atoms with van der Waals surface area (Å²) in [5.74, 6) is -0.648. The molecule has 0 aromatic heterocycles. The van der Waals surface area contributed by atoms with Gasteiger partial charge in [0.15, 0.2) is 6.61 Å². The number of amides is 2. The van der Waals surface area contributed by atoms with Crippen LogP contribution in [0, 0.1) is 5.82 Å². The number of carbonyl (C=O) groups excluding carboxylic acids is 2. The molecule has 0 unspecified atom stereocenters. The second kappa shape index (κ2) is 8.22. The highest BCUT2D eigenvalue weighted by Crippen LogP contribution is 2.26. The summed E-state index contributed by atoms with van der Waals surface area (Å²) in [6.45, 7) is 4.55. The zero-order valence-electron chi connectivity index (χ0n) is 14.5. The summed E-state index contributed by atoms with van der Waals surface area (Å²) in [4.78, 5) is 25.8. The Kier molecular flexibility index (Phi) is 5.76. The van der Waals surface area contributed by atoms with Gasteiger partial charge >= 0.3 is 0 Å². The van der Waals surface area contributed by atoms with Crippen molar-refractivity contribution in [3.8, 4) is 5.75 Å². The van der Waals surface area contributed by atoms with E-state index < -0.39 is 5.82 Å². The molecule has 2 aromatic carbocycles. The predicted molar refractivity (Wildman–Crippen MR) is 100.0 cm³/mol. The molecule has 0 atom stereocenters. The highest BCUT2D eigenvalue weighted by molar-refractivity contribution is 6.30. The van der Waals surface area contributed by atoms with Gasteiger partial charge in [0.05, 0.1) is 11.6 Å². The lowest BCUT2D eigenvalue weighted by Gasteiger charge is -2.18. The van der Waals surface area contributed by atoms with Gasteiger partial charge in [-0.15, -0.1) is 0 Å². The van der Waals surface area contributed by atoms with Crippen molar-refractivity contribution in [2.24, 2.45) is 0 Å². The summed E-state index contributed by atoms with van der Waals surface area (Å²) in [7, 11) is 0. The van der Waals surface area contributed by atoms with Crippen molar-refractivity contribution in [1.82, 2.24) is 10.2 Å². The average molecular weight is 389 g/mol. The SMILES string of the molecule is C=C(CCNC(=O)COc1ccc(F)c(Cl)c1)N1Cc2ccccc2C1=O. The lowest BCUT2D eigenvalue weighted by Crippen LogP contribution is -2.31. The Morgan fingerprint density at radius 3 is 2.81 bits per heavy atom. The zero-order valence-corrected chi connectivity index (χ0v) is 15.3. The minimum absolute atomic E-state index is 0.0690. The predicted octanol–water partition coefficient (Wildman–Crippen LogP) is 3.53. The molecule has 140 valence electrons. The highest BCUT2D eigenvalue weighted by Gasteiger charge is 2.28. The number of rotatable bonds is 7. The number of ether oxygens (including phenoxy) is 1. The molecule has 1 aliphatic heterocycles. The van der Waals surface area contributed by atoms with Gasteiger partial charge in [-0.25, -0.2) is 4.39 Å². The summed E-state index contributed by atoms with van der Waals surface area (Å²) in [6, 6.07) is 11.3. The molecule has 2 aromatic rings. The van der Waals surface area contributed by atoms with Crippen molar-refractivity contribution in [3.63, 3.8) is 0 Å². The molecule has 0 fully saturated rings. The smallest absolute Gasteiger partial charge is 0.258 e. The minimum atomic E-state index is -0.550. The first-order valence-corrected chi connectivity index (χ1v) is 8.75. The minimum Gasteiger partial charge on any atom is -0.484 e. The van der Waals surface area contributed by atoms with E-state index in [0.717, 1.165) is 5.56 Å². The molecule has 1 heterocycles. The molecule has 0 bridgehead atoms. The molecule has 2 amide bonds. The van der Waals surface area contributed by atoms with Crippen LogP contribution in [0.15, 0.2) is 54.7 Å². The monoisotopic (exact) mass is 388 g/mol. The molecular weight excluding hydrogens is 371 g/mol. The van der Waals surface area contributed by atoms with Gasteiger partial charge in [-0.3, -0.25) is 9.59 Å². The summed E-state index contributed by atoms with van der Waals surface area (Å²) in [5.41, 5.74) is 2.30. The molecule has 5 nitrogen and oxygen atoms in total. The molecule has 1 aliphatic rings. The van der Waals surface area contributed by atoms with Crippen LogP contribution in [0.4, 0.5) is 4.39 Å². The maximum Gasteiger partial charge on any atom is 0.258 e. The van der Waals surface area contributed by atoms with Crippen LogP contribution in [-0.4, -0.2) is 29.9 Å². The van der Waals surface area contributed by atoms with Crippen LogP contribution in [0.5, 0.6) is 5.75 Å². The van der Waals surface area contributed by atoms with E-state index in [9.17, 15) is 14.0 Å². The van der Waals surface area contributed by atoms with Gasteiger partial charge in [-0.2, -0.15) is 0 Å². The van der Waals surface area contributed by atoms with E-state index >= 15 is 0 Å². The van der Waals surface area contributed by atoms with Crippen LogP contribution in [0.25, 0.3) is 0 Å². The third-order valence-electron chi connectivity index (χ3n) is 4.20. The van der Waals surface area contributed by atoms with Crippen molar-refractivity contribution < 1.29 is 18.7 Å². The van der Waals surface area contributed by atoms with Crippen molar-refractivity contribution in [1.29, 1.82) is 0 Å². The van der Waals surface area contributed by atoms with E-state index in [1.54, 1.807) is 11.0 Å². The molecule has 0 aliphatic carbocycles. The van der Waals surface area contributed by atoms with E-state index in [2.05, 4.69) is 11.9 Å². The molecule has 3 rings (SSSR count). The molecule has 7 heteroatoms. The van der Waals surface area contributed by atoms with E-state index in [4.69, 9.17) is 16.3 Å². The van der Waals surface area contributed by atoms with Crippen molar-refractivity contribution >= 4 is 23.4 Å². The highest BCUT2D eigenvalue weighted by atomic mass is 35.5. The number of benzene rings is 2. The quantitative estimate of drug-likeness (QED) is 0.789. The average Bonchev–Trinajstić information content (AvgIpc) is 3.00. The first kappa shape index (κ1) is 18.9. The van der Waals surface area contributed by atoms with Gasteiger partial charge in [0.25, 0.3) is 11.8 Å². The van der Waals surface area contributed by atoms with E-state index in [0.29, 0.717) is 36.5 Å². The number of nitrogens with one attached hydrogen (secondary N) is 1. The van der Waals surface area contributed by atoms with Crippen LogP contribution in [-0.2, 0) is 11.3 Å². The van der Waals surface area contributed by atoms with Crippen molar-refractivity contribution in [2.45, 2.75) is 13.0 Å². The second-order valence-electron chi connectivity index (χ2n) is 6.08. The number of carbonyl (C=O) groups is 2. The van der Waals surface area contributed by atoms with Crippen LogP contribution in [0.3, 0.4) is 0 Å². The van der Waals surface area contributed by atoms with Crippen LogP contribution in [0.2, 0.25) is 5.02 Å². The fraction of sp³-hybridized carbons (Fsp3) is 0.200. The van der Waals surface area contributed by atoms with Gasteiger partial charge in [-0.1, -0.05) is 36.4 Å². The number of nitrogens with zero attached hydrogens (tertiary/aromatic N) is 1. The van der Waals surface area contributed by atoms with Crippen LogP contribution >= 0.6 is 11.6 Å². The van der Waals surface area contributed by atoms with Gasteiger partial charge < -0.3 is 15.0 Å². The Labute approximate surface area is 161 Å². The molecule has 0 saturated heterocycles. The number of halogens is 2. The third-order valence-corrected chi connectivity index (χ3v) is 4.49. The van der Waals surface area contributed by atoms with Gasteiger partial charge in [0.1, 0.15) is 11.6 Å². The van der Waals surface area contributed by atoms with Gasteiger partial charge in [0.2, 0.25) is 0 Å². The Bertz CT molecular complexity index is 901. The maximum atomic E-state index is 13.1. The zero-order chi connectivity index (χ0) is 19.4. The van der Waals surface area contributed by atoms with Gasteiger partial charge in [0, 0.05) is 30.3 Å². The Morgan fingerprint density at radius 2 is 2.07 bits per heavy atom.